The van der Waals surface area contributed by atoms with E-state index in [2.05, 4.69) is 10.0 Å². The summed E-state index contributed by atoms with van der Waals surface area (Å²) in [5.41, 5.74) is 0.762. The van der Waals surface area contributed by atoms with Crippen molar-refractivity contribution in [3.63, 3.8) is 0 Å². The van der Waals surface area contributed by atoms with Gasteiger partial charge in [-0.05, 0) is 18.1 Å². The van der Waals surface area contributed by atoms with Crippen LogP contribution in [0.5, 0.6) is 0 Å². The van der Waals surface area contributed by atoms with Gasteiger partial charge in [0.25, 0.3) is 0 Å². The fraction of sp³-hybridized carbons (Fsp3) is 0.500. The van der Waals surface area contributed by atoms with E-state index in [-0.39, 0.29) is 18.3 Å². The number of hydrogen-bond acceptors (Lipinski definition) is 5. The van der Waals surface area contributed by atoms with Gasteiger partial charge in [-0.3, -0.25) is 0 Å². The monoisotopic (exact) mass is 318 g/mol. The zero-order chi connectivity index (χ0) is 14.8. The van der Waals surface area contributed by atoms with E-state index in [4.69, 9.17) is 0 Å². The van der Waals surface area contributed by atoms with E-state index in [0.29, 0.717) is 17.9 Å². The number of rotatable bonds is 5. The topological polar surface area (TPSA) is 92.3 Å². The minimum absolute atomic E-state index is 0.0592. The summed E-state index contributed by atoms with van der Waals surface area (Å²) in [4.78, 5) is 0.375. The molecule has 20 heavy (non-hydrogen) atoms. The molecule has 1 aliphatic rings. The highest BCUT2D eigenvalue weighted by atomic mass is 32.2. The molecule has 1 atom stereocenters. The Labute approximate surface area is 119 Å². The van der Waals surface area contributed by atoms with Crippen molar-refractivity contribution in [3.8, 4) is 0 Å². The number of nitrogens with one attached hydrogen (secondary N) is 2. The van der Waals surface area contributed by atoms with E-state index in [0.717, 1.165) is 11.8 Å². The van der Waals surface area contributed by atoms with E-state index in [9.17, 15) is 16.8 Å². The van der Waals surface area contributed by atoms with Gasteiger partial charge in [-0.25, -0.2) is 21.6 Å². The molecule has 1 unspecified atom stereocenters. The second kappa shape index (κ2) is 5.80. The van der Waals surface area contributed by atoms with Crippen LogP contribution >= 0.6 is 0 Å². The van der Waals surface area contributed by atoms with Gasteiger partial charge in [-0.2, -0.15) is 0 Å². The average molecular weight is 318 g/mol. The Bertz CT molecular complexity index is 683. The van der Waals surface area contributed by atoms with Crippen molar-refractivity contribution in [2.75, 3.05) is 25.1 Å². The standard InChI is InChI=1S/C12H18N2O4S2/c1-19(15,16)14-8-7-13-11-6-9-20(17,18)12-5-3-2-4-10(11)12/h2-5,11,13-14H,6-9H2,1H3. The number of sulfone groups is 1. The van der Waals surface area contributed by atoms with Gasteiger partial charge in [0.2, 0.25) is 10.0 Å². The fourth-order valence-electron chi connectivity index (χ4n) is 2.28. The highest BCUT2D eigenvalue weighted by Crippen LogP contribution is 2.31. The molecule has 0 aromatic heterocycles. The molecule has 0 fully saturated rings. The van der Waals surface area contributed by atoms with Gasteiger partial charge >= 0.3 is 0 Å². The lowest BCUT2D eigenvalue weighted by atomic mass is 10.0. The molecule has 6 nitrogen and oxygen atoms in total. The molecule has 2 N–H and O–H groups in total. The van der Waals surface area contributed by atoms with Gasteiger partial charge in [-0.15, -0.1) is 0 Å². The molecule has 2 rings (SSSR count). The molecule has 0 saturated heterocycles. The third kappa shape index (κ3) is 3.78. The third-order valence-electron chi connectivity index (χ3n) is 3.18. The molecular weight excluding hydrogens is 300 g/mol. The molecule has 0 spiro atoms. The zero-order valence-electron chi connectivity index (χ0n) is 11.2. The minimum Gasteiger partial charge on any atom is -0.309 e. The minimum atomic E-state index is -3.19. The van der Waals surface area contributed by atoms with Crippen LogP contribution in [0.25, 0.3) is 0 Å². The van der Waals surface area contributed by atoms with Crippen molar-refractivity contribution in [2.24, 2.45) is 0 Å². The van der Waals surface area contributed by atoms with Crippen LogP contribution in [0.1, 0.15) is 18.0 Å². The first-order valence-electron chi connectivity index (χ1n) is 6.29. The maximum absolute atomic E-state index is 12.0. The molecule has 1 aromatic rings. The van der Waals surface area contributed by atoms with Crippen molar-refractivity contribution < 1.29 is 16.8 Å². The summed E-state index contributed by atoms with van der Waals surface area (Å²) in [6.07, 6.45) is 1.60. The van der Waals surface area contributed by atoms with Crippen LogP contribution in [-0.2, 0) is 19.9 Å². The van der Waals surface area contributed by atoms with Gasteiger partial charge in [-0.1, -0.05) is 18.2 Å². The largest absolute Gasteiger partial charge is 0.309 e. The number of hydrogen-bond donors (Lipinski definition) is 2. The van der Waals surface area contributed by atoms with Gasteiger partial charge < -0.3 is 5.32 Å². The first-order chi connectivity index (χ1) is 9.30. The van der Waals surface area contributed by atoms with Gasteiger partial charge in [0.05, 0.1) is 16.9 Å². The molecule has 0 aliphatic carbocycles. The summed E-state index contributed by atoms with van der Waals surface area (Å²) in [5, 5.41) is 3.20. The Morgan fingerprint density at radius 2 is 1.95 bits per heavy atom. The normalized spacial score (nSPS) is 21.4. The van der Waals surface area contributed by atoms with E-state index >= 15 is 0 Å². The van der Waals surface area contributed by atoms with Crippen molar-refractivity contribution in [1.29, 1.82) is 0 Å². The maximum atomic E-state index is 12.0. The van der Waals surface area contributed by atoms with Crippen molar-refractivity contribution in [2.45, 2.75) is 17.4 Å². The highest BCUT2D eigenvalue weighted by Gasteiger charge is 2.29. The third-order valence-corrected chi connectivity index (χ3v) is 5.73. The summed E-state index contributed by atoms with van der Waals surface area (Å²) in [6.45, 7) is 0.733. The number of benzene rings is 1. The van der Waals surface area contributed by atoms with Crippen LogP contribution in [0, 0.1) is 0 Å². The lowest BCUT2D eigenvalue weighted by Gasteiger charge is -2.26. The SMILES string of the molecule is CS(=O)(=O)NCCNC1CCS(=O)(=O)c2ccccc21. The predicted molar refractivity (Wildman–Crippen MR) is 76.7 cm³/mol. The van der Waals surface area contributed by atoms with E-state index in [1.54, 1.807) is 18.2 Å². The van der Waals surface area contributed by atoms with Crippen LogP contribution in [-0.4, -0.2) is 41.9 Å². The van der Waals surface area contributed by atoms with Crippen LogP contribution in [0.2, 0.25) is 0 Å². The van der Waals surface area contributed by atoms with E-state index < -0.39 is 19.9 Å². The summed E-state index contributed by atoms with van der Waals surface area (Å²) in [5.74, 6) is 0.112. The quantitative estimate of drug-likeness (QED) is 0.748. The van der Waals surface area contributed by atoms with E-state index in [1.165, 1.54) is 0 Å². The second-order valence-electron chi connectivity index (χ2n) is 4.82. The Morgan fingerprint density at radius 3 is 2.65 bits per heavy atom. The summed E-state index contributed by atoms with van der Waals surface area (Å²) in [6, 6.07) is 6.88. The average Bonchev–Trinajstić information content (AvgIpc) is 2.36. The van der Waals surface area contributed by atoms with Gasteiger partial charge in [0.15, 0.2) is 9.84 Å². The molecule has 1 aliphatic heterocycles. The summed E-state index contributed by atoms with van der Waals surface area (Å²) in [7, 11) is -6.37. The molecular formula is C12H18N2O4S2. The molecule has 1 aromatic carbocycles. The number of fused-ring (bicyclic) bond motifs is 1. The first-order valence-corrected chi connectivity index (χ1v) is 9.84. The molecule has 0 bridgehead atoms. The van der Waals surface area contributed by atoms with Crippen LogP contribution in [0.3, 0.4) is 0 Å². The fourth-order valence-corrected chi connectivity index (χ4v) is 4.38. The second-order valence-corrected chi connectivity index (χ2v) is 8.73. The van der Waals surface area contributed by atoms with Crippen molar-refractivity contribution in [1.82, 2.24) is 10.0 Å². The molecule has 112 valence electrons. The first kappa shape index (κ1) is 15.4. The molecule has 0 radical (unpaired) electrons. The smallest absolute Gasteiger partial charge is 0.208 e. The molecule has 0 saturated carbocycles. The summed E-state index contributed by atoms with van der Waals surface area (Å²) >= 11 is 0. The Balaban J connectivity index is 2.04. The van der Waals surface area contributed by atoms with Crippen molar-refractivity contribution >= 4 is 19.9 Å². The Hall–Kier alpha value is -0.960. The number of sulfonamides is 1. The van der Waals surface area contributed by atoms with Gasteiger partial charge in [0.1, 0.15) is 0 Å². The highest BCUT2D eigenvalue weighted by molar-refractivity contribution is 7.91. The Kier molecular flexibility index (Phi) is 4.48. The lowest BCUT2D eigenvalue weighted by molar-refractivity contribution is 0.492. The van der Waals surface area contributed by atoms with Crippen LogP contribution in [0.4, 0.5) is 0 Å². The zero-order valence-corrected chi connectivity index (χ0v) is 12.8. The maximum Gasteiger partial charge on any atom is 0.208 e. The lowest BCUT2D eigenvalue weighted by Crippen LogP contribution is -2.35. The van der Waals surface area contributed by atoms with Crippen LogP contribution in [0.15, 0.2) is 29.2 Å². The molecule has 1 heterocycles. The van der Waals surface area contributed by atoms with Crippen molar-refractivity contribution in [3.05, 3.63) is 29.8 Å². The Morgan fingerprint density at radius 1 is 1.25 bits per heavy atom. The van der Waals surface area contributed by atoms with Gasteiger partial charge in [0, 0.05) is 19.1 Å². The molecule has 8 heteroatoms. The summed E-state index contributed by atoms with van der Waals surface area (Å²) < 4.78 is 48.2. The van der Waals surface area contributed by atoms with E-state index in [1.807, 2.05) is 6.07 Å². The predicted octanol–water partition coefficient (Wildman–Crippen LogP) is 0.0439. The van der Waals surface area contributed by atoms with Crippen LogP contribution < -0.4 is 10.0 Å². The molecule has 0 amide bonds.